The molecule has 0 aromatic heterocycles. The molecule has 1 unspecified atom stereocenters. The molecule has 3 atom stereocenters. The van der Waals surface area contributed by atoms with E-state index >= 15 is 0 Å². The molecule has 43 heavy (non-hydrogen) atoms. The zero-order valence-corrected chi connectivity index (χ0v) is 25.3. The second-order valence-corrected chi connectivity index (χ2v) is 11.3. The van der Waals surface area contributed by atoms with Crippen molar-refractivity contribution in [3.8, 4) is 0 Å². The highest BCUT2D eigenvalue weighted by atomic mass is 16.5. The van der Waals surface area contributed by atoms with Gasteiger partial charge in [0.05, 0.1) is 31.3 Å². The molecule has 230 valence electrons. The van der Waals surface area contributed by atoms with Crippen molar-refractivity contribution in [3.63, 3.8) is 0 Å². The van der Waals surface area contributed by atoms with E-state index in [0.29, 0.717) is 6.61 Å². The Hall–Kier alpha value is -4.05. The third-order valence-corrected chi connectivity index (χ3v) is 7.03. The first-order valence-electron chi connectivity index (χ1n) is 14.4. The summed E-state index contributed by atoms with van der Waals surface area (Å²) < 4.78 is 11.3. The molecule has 0 aliphatic heterocycles. The number of amides is 3. The lowest BCUT2D eigenvalue weighted by molar-refractivity contribution is -0.159. The fourth-order valence-electron chi connectivity index (χ4n) is 5.02. The summed E-state index contributed by atoms with van der Waals surface area (Å²) in [4.78, 5) is 41.2. The molecule has 4 N–H and O–H groups in total. The molecule has 0 saturated heterocycles. The van der Waals surface area contributed by atoms with Crippen molar-refractivity contribution in [1.29, 1.82) is 0 Å². The Bertz CT molecular complexity index is 1260. The van der Waals surface area contributed by atoms with Crippen LogP contribution in [0.2, 0.25) is 0 Å². The summed E-state index contributed by atoms with van der Waals surface area (Å²) in [6.07, 6.45) is -1.60. The first-order valence-corrected chi connectivity index (χ1v) is 14.4. The van der Waals surface area contributed by atoms with Crippen molar-refractivity contribution < 1.29 is 29.0 Å². The molecule has 0 fully saturated rings. The molecule has 0 spiro atoms. The van der Waals surface area contributed by atoms with Gasteiger partial charge in [-0.25, -0.2) is 0 Å². The summed E-state index contributed by atoms with van der Waals surface area (Å²) in [5.41, 5.74) is 6.41. The molecule has 0 aliphatic rings. The summed E-state index contributed by atoms with van der Waals surface area (Å²) in [5, 5.41) is 14.4. The quantitative estimate of drug-likeness (QED) is 0.234. The maximum absolute atomic E-state index is 14.2. The number of carbonyl (C=O) groups excluding carboxylic acids is 3. The Kier molecular flexibility index (Phi) is 12.4. The van der Waals surface area contributed by atoms with Gasteiger partial charge in [0.2, 0.25) is 11.8 Å². The topological polar surface area (TPSA) is 131 Å². The normalized spacial score (nSPS) is 13.6. The number of nitrogens with two attached hydrogens (primary N) is 1. The van der Waals surface area contributed by atoms with Crippen LogP contribution in [0.5, 0.6) is 0 Å². The fourth-order valence-corrected chi connectivity index (χ4v) is 5.02. The average Bonchev–Trinajstić information content (AvgIpc) is 2.98. The lowest BCUT2D eigenvalue weighted by Crippen LogP contribution is -2.62. The van der Waals surface area contributed by atoms with Gasteiger partial charge in [-0.1, -0.05) is 97.9 Å². The van der Waals surface area contributed by atoms with Gasteiger partial charge in [0.15, 0.2) is 0 Å². The second-order valence-electron chi connectivity index (χ2n) is 11.3. The van der Waals surface area contributed by atoms with Gasteiger partial charge < -0.3 is 30.5 Å². The largest absolute Gasteiger partial charge is 0.388 e. The van der Waals surface area contributed by atoms with Crippen molar-refractivity contribution in [2.24, 2.45) is 11.7 Å². The fraction of sp³-hybridized carbons (Fsp3) is 0.382. The van der Waals surface area contributed by atoms with Crippen LogP contribution in [0.1, 0.15) is 49.9 Å². The summed E-state index contributed by atoms with van der Waals surface area (Å²) in [6, 6.07) is 26.7. The molecule has 0 bridgehead atoms. The number of methoxy groups -OCH3 is 1. The molecule has 0 saturated carbocycles. The minimum absolute atomic E-state index is 0.0513. The Labute approximate surface area is 254 Å². The monoisotopic (exact) mass is 589 g/mol. The minimum Gasteiger partial charge on any atom is -0.388 e. The van der Waals surface area contributed by atoms with Crippen molar-refractivity contribution in [3.05, 3.63) is 108 Å². The molecule has 0 aliphatic carbocycles. The van der Waals surface area contributed by atoms with Crippen molar-refractivity contribution in [2.75, 3.05) is 20.3 Å². The molecule has 3 aromatic rings. The average molecular weight is 590 g/mol. The molecule has 9 nitrogen and oxygen atoms in total. The minimum atomic E-state index is -1.67. The zero-order chi connectivity index (χ0) is 31.4. The smallest absolute Gasteiger partial charge is 0.253 e. The SMILES string of the molecule is CO[C@@H](CC(N)=O)C(=O)N(CC(C)COCc1ccccc1)[C@H](C(=O)NC(c1ccccc1)c1ccccc1)C(C)(C)O. The predicted molar refractivity (Wildman–Crippen MR) is 165 cm³/mol. The number of rotatable bonds is 16. The summed E-state index contributed by atoms with van der Waals surface area (Å²) in [7, 11) is 1.30. The Balaban J connectivity index is 1.93. The number of aliphatic hydroxyl groups is 1. The Morgan fingerprint density at radius 2 is 1.42 bits per heavy atom. The van der Waals surface area contributed by atoms with Crippen LogP contribution in [0.15, 0.2) is 91.0 Å². The summed E-state index contributed by atoms with van der Waals surface area (Å²) in [5.74, 6) is -2.16. The van der Waals surface area contributed by atoms with E-state index in [2.05, 4.69) is 5.32 Å². The highest BCUT2D eigenvalue weighted by Gasteiger charge is 2.44. The van der Waals surface area contributed by atoms with Crippen LogP contribution in [0.25, 0.3) is 0 Å². The number of primary amides is 1. The van der Waals surface area contributed by atoms with E-state index in [1.165, 1.54) is 25.9 Å². The van der Waals surface area contributed by atoms with Crippen LogP contribution in [-0.2, 0) is 30.5 Å². The highest BCUT2D eigenvalue weighted by Crippen LogP contribution is 2.26. The molecule has 3 amide bonds. The van der Waals surface area contributed by atoms with E-state index in [1.54, 1.807) is 0 Å². The molecular formula is C34H43N3O6. The van der Waals surface area contributed by atoms with Gasteiger partial charge in [0, 0.05) is 13.7 Å². The maximum Gasteiger partial charge on any atom is 0.253 e. The van der Waals surface area contributed by atoms with Gasteiger partial charge >= 0.3 is 0 Å². The van der Waals surface area contributed by atoms with Gasteiger partial charge in [-0.05, 0) is 36.5 Å². The summed E-state index contributed by atoms with van der Waals surface area (Å²) >= 11 is 0. The first-order chi connectivity index (χ1) is 20.5. The Morgan fingerprint density at radius 1 is 0.907 bits per heavy atom. The Morgan fingerprint density at radius 3 is 1.88 bits per heavy atom. The van der Waals surface area contributed by atoms with E-state index in [-0.39, 0.29) is 25.5 Å². The summed E-state index contributed by atoms with van der Waals surface area (Å²) in [6.45, 7) is 5.55. The van der Waals surface area contributed by atoms with Gasteiger partial charge in [-0.15, -0.1) is 0 Å². The lowest BCUT2D eigenvalue weighted by Gasteiger charge is -2.41. The standard InChI is InChI=1S/C34H43N3O6/c1-24(22-43-23-25-14-8-5-9-15-25)21-37(33(40)28(42-4)20-29(35)38)31(34(2,3)41)32(39)36-30(26-16-10-6-11-17-26)27-18-12-7-13-19-27/h5-19,24,28,30-31,41H,20-23H2,1-4H3,(H2,35,38)(H,36,39)/t24?,28-,31+/m0/s1. The highest BCUT2D eigenvalue weighted by molar-refractivity contribution is 5.92. The molecule has 3 rings (SSSR count). The lowest BCUT2D eigenvalue weighted by atomic mass is 9.92. The first kappa shape index (κ1) is 33.5. The van der Waals surface area contributed by atoms with Crippen molar-refractivity contribution in [2.45, 2.75) is 57.6 Å². The van der Waals surface area contributed by atoms with Gasteiger partial charge in [-0.3, -0.25) is 14.4 Å². The van der Waals surface area contributed by atoms with Crippen molar-refractivity contribution in [1.82, 2.24) is 10.2 Å². The number of nitrogens with zero attached hydrogens (tertiary/aromatic N) is 1. The van der Waals surface area contributed by atoms with Crippen molar-refractivity contribution >= 4 is 17.7 Å². The second kappa shape index (κ2) is 16.0. The zero-order valence-electron chi connectivity index (χ0n) is 25.3. The molecular weight excluding hydrogens is 546 g/mol. The number of hydrogen-bond acceptors (Lipinski definition) is 6. The molecule has 0 heterocycles. The van der Waals surface area contributed by atoms with E-state index in [0.717, 1.165) is 16.7 Å². The molecule has 0 radical (unpaired) electrons. The number of benzene rings is 3. The third-order valence-electron chi connectivity index (χ3n) is 7.03. The van der Waals surface area contributed by atoms with Gasteiger partial charge in [0.1, 0.15) is 12.1 Å². The predicted octanol–water partition coefficient (Wildman–Crippen LogP) is 3.60. The van der Waals surface area contributed by atoms with Crippen LogP contribution in [0.4, 0.5) is 0 Å². The van der Waals surface area contributed by atoms with E-state index in [9.17, 15) is 19.5 Å². The maximum atomic E-state index is 14.2. The van der Waals surface area contributed by atoms with Crippen LogP contribution < -0.4 is 11.1 Å². The number of carbonyl (C=O) groups is 3. The van der Waals surface area contributed by atoms with E-state index < -0.39 is 41.5 Å². The van der Waals surface area contributed by atoms with Crippen LogP contribution in [0, 0.1) is 5.92 Å². The van der Waals surface area contributed by atoms with Gasteiger partial charge in [0.25, 0.3) is 5.91 Å². The number of hydrogen-bond donors (Lipinski definition) is 3. The number of nitrogens with one attached hydrogen (secondary N) is 1. The van der Waals surface area contributed by atoms with Crippen LogP contribution in [-0.4, -0.2) is 65.7 Å². The van der Waals surface area contributed by atoms with Gasteiger partial charge in [-0.2, -0.15) is 0 Å². The molecule has 9 heteroatoms. The van der Waals surface area contributed by atoms with Crippen LogP contribution >= 0.6 is 0 Å². The number of ether oxygens (including phenoxy) is 2. The van der Waals surface area contributed by atoms with Crippen LogP contribution in [0.3, 0.4) is 0 Å². The third kappa shape index (κ3) is 10.0. The van der Waals surface area contributed by atoms with E-state index in [1.807, 2.05) is 97.9 Å². The van der Waals surface area contributed by atoms with E-state index in [4.69, 9.17) is 15.2 Å². The molecule has 3 aromatic carbocycles.